The molecular formula is C14H17NO3. The van der Waals surface area contributed by atoms with E-state index in [9.17, 15) is 9.59 Å². The van der Waals surface area contributed by atoms with Gasteiger partial charge in [-0.2, -0.15) is 0 Å². The highest BCUT2D eigenvalue weighted by Gasteiger charge is 2.25. The number of carbonyl (C=O) groups excluding carboxylic acids is 1. The van der Waals surface area contributed by atoms with Crippen LogP contribution in [0.2, 0.25) is 0 Å². The minimum absolute atomic E-state index is 0.0193. The van der Waals surface area contributed by atoms with E-state index >= 15 is 0 Å². The Labute approximate surface area is 106 Å². The van der Waals surface area contributed by atoms with Gasteiger partial charge in [-0.25, -0.2) is 0 Å². The Morgan fingerprint density at radius 3 is 3.06 bits per heavy atom. The van der Waals surface area contributed by atoms with Crippen LogP contribution in [0.5, 0.6) is 0 Å². The number of aromatic nitrogens is 1. The van der Waals surface area contributed by atoms with Crippen molar-refractivity contribution in [2.45, 2.75) is 32.2 Å². The van der Waals surface area contributed by atoms with Gasteiger partial charge in [0.1, 0.15) is 0 Å². The van der Waals surface area contributed by atoms with Crippen molar-refractivity contribution >= 4 is 5.78 Å². The van der Waals surface area contributed by atoms with Crippen LogP contribution in [-0.2, 0) is 28.9 Å². The number of hydrogen-bond donors (Lipinski definition) is 0. The molecule has 0 radical (unpaired) electrons. The lowest BCUT2D eigenvalue weighted by atomic mass is 10.0. The van der Waals surface area contributed by atoms with Gasteiger partial charge in [0.25, 0.3) is 5.56 Å². The van der Waals surface area contributed by atoms with E-state index in [1.54, 1.807) is 10.6 Å². The summed E-state index contributed by atoms with van der Waals surface area (Å²) in [6, 6.07) is 3.49. The van der Waals surface area contributed by atoms with Crippen LogP contribution in [-0.4, -0.2) is 23.6 Å². The average Bonchev–Trinajstić information content (AvgIpc) is 3.02. The van der Waals surface area contributed by atoms with Crippen LogP contribution < -0.4 is 5.56 Å². The number of rotatable bonds is 3. The van der Waals surface area contributed by atoms with Crippen molar-refractivity contribution in [1.82, 2.24) is 4.57 Å². The van der Waals surface area contributed by atoms with E-state index in [1.165, 1.54) is 5.56 Å². The molecule has 1 saturated heterocycles. The summed E-state index contributed by atoms with van der Waals surface area (Å²) >= 11 is 0. The lowest BCUT2D eigenvalue weighted by Gasteiger charge is -2.13. The van der Waals surface area contributed by atoms with Gasteiger partial charge in [0.2, 0.25) is 0 Å². The van der Waals surface area contributed by atoms with Crippen LogP contribution in [0.15, 0.2) is 16.9 Å². The van der Waals surface area contributed by atoms with E-state index in [4.69, 9.17) is 4.74 Å². The van der Waals surface area contributed by atoms with E-state index in [-0.39, 0.29) is 23.8 Å². The highest BCUT2D eigenvalue weighted by Crippen LogP contribution is 2.21. The molecule has 0 aromatic carbocycles. The monoisotopic (exact) mass is 247 g/mol. The Hall–Kier alpha value is -1.42. The molecule has 2 aliphatic rings. The topological polar surface area (TPSA) is 48.3 Å². The maximum Gasteiger partial charge on any atom is 0.251 e. The maximum atomic E-state index is 12.1. The second-order valence-corrected chi connectivity index (χ2v) is 5.11. The van der Waals surface area contributed by atoms with Gasteiger partial charge in [0.05, 0.1) is 13.2 Å². The summed E-state index contributed by atoms with van der Waals surface area (Å²) in [5.74, 6) is 0.115. The first-order chi connectivity index (χ1) is 8.75. The molecule has 0 saturated carbocycles. The Morgan fingerprint density at radius 1 is 1.39 bits per heavy atom. The van der Waals surface area contributed by atoms with Crippen LogP contribution in [0.3, 0.4) is 0 Å². The summed E-state index contributed by atoms with van der Waals surface area (Å²) in [7, 11) is 0. The fourth-order valence-corrected chi connectivity index (χ4v) is 2.88. The molecule has 1 atom stereocenters. The Balaban J connectivity index is 1.86. The molecule has 96 valence electrons. The molecule has 1 aromatic heterocycles. The van der Waals surface area contributed by atoms with Crippen molar-refractivity contribution in [3.63, 3.8) is 0 Å². The van der Waals surface area contributed by atoms with Crippen LogP contribution in [0, 0.1) is 5.92 Å². The first-order valence-corrected chi connectivity index (χ1v) is 6.58. The van der Waals surface area contributed by atoms with Crippen molar-refractivity contribution < 1.29 is 9.53 Å². The summed E-state index contributed by atoms with van der Waals surface area (Å²) < 4.78 is 6.90. The zero-order valence-corrected chi connectivity index (χ0v) is 10.4. The van der Waals surface area contributed by atoms with Gasteiger partial charge < -0.3 is 9.30 Å². The summed E-state index contributed by atoms with van der Waals surface area (Å²) in [6.07, 6.45) is 3.82. The maximum absolute atomic E-state index is 12.1. The van der Waals surface area contributed by atoms with Crippen LogP contribution in [0.1, 0.15) is 24.1 Å². The second kappa shape index (κ2) is 4.69. The molecule has 1 aliphatic carbocycles. The molecule has 1 aliphatic heterocycles. The third kappa shape index (κ3) is 2.01. The molecule has 3 rings (SSSR count). The minimum atomic E-state index is -0.0529. The van der Waals surface area contributed by atoms with Crippen molar-refractivity contribution in [3.05, 3.63) is 33.7 Å². The number of hydrogen-bond acceptors (Lipinski definition) is 3. The van der Waals surface area contributed by atoms with Gasteiger partial charge in [0, 0.05) is 24.3 Å². The molecule has 1 fully saturated rings. The molecule has 0 bridgehead atoms. The standard InChI is InChI=1S/C14H17NO3/c16-13(11-6-7-18-9-11)8-15-12-3-1-2-10(12)4-5-14(15)17/h4-5,11H,1-3,6-9H2. The molecule has 2 heterocycles. The largest absolute Gasteiger partial charge is 0.381 e. The van der Waals surface area contributed by atoms with Gasteiger partial charge >= 0.3 is 0 Å². The summed E-state index contributed by atoms with van der Waals surface area (Å²) in [5.41, 5.74) is 2.24. The number of Topliss-reactive ketones (excluding diaryl/α,β-unsaturated/α-hetero) is 1. The first-order valence-electron chi connectivity index (χ1n) is 6.58. The number of aryl methyl sites for hydroxylation is 1. The molecule has 0 amide bonds. The molecule has 1 aromatic rings. The molecule has 18 heavy (non-hydrogen) atoms. The van der Waals surface area contributed by atoms with Gasteiger partial charge in [-0.05, 0) is 31.2 Å². The highest BCUT2D eigenvalue weighted by atomic mass is 16.5. The molecule has 4 heteroatoms. The number of carbonyl (C=O) groups is 1. The second-order valence-electron chi connectivity index (χ2n) is 5.11. The number of pyridine rings is 1. The molecule has 0 N–H and O–H groups in total. The van der Waals surface area contributed by atoms with Gasteiger partial charge in [-0.3, -0.25) is 9.59 Å². The number of fused-ring (bicyclic) bond motifs is 1. The minimum Gasteiger partial charge on any atom is -0.381 e. The molecular weight excluding hydrogens is 230 g/mol. The van der Waals surface area contributed by atoms with Crippen molar-refractivity contribution in [2.75, 3.05) is 13.2 Å². The summed E-state index contributed by atoms with van der Waals surface area (Å²) in [4.78, 5) is 24.0. The van der Waals surface area contributed by atoms with Crippen molar-refractivity contribution in [2.24, 2.45) is 5.92 Å². The third-order valence-electron chi connectivity index (χ3n) is 3.95. The Bertz CT molecular complexity index is 526. The van der Waals surface area contributed by atoms with E-state index in [2.05, 4.69) is 0 Å². The van der Waals surface area contributed by atoms with E-state index in [1.807, 2.05) is 6.07 Å². The first kappa shape index (κ1) is 11.7. The summed E-state index contributed by atoms with van der Waals surface area (Å²) in [6.45, 7) is 1.40. The molecule has 4 nitrogen and oxygen atoms in total. The fraction of sp³-hybridized carbons (Fsp3) is 0.571. The Morgan fingerprint density at radius 2 is 2.28 bits per heavy atom. The number of nitrogens with zero attached hydrogens (tertiary/aromatic N) is 1. The quantitative estimate of drug-likeness (QED) is 0.798. The normalized spacial score (nSPS) is 22.1. The molecule has 0 spiro atoms. The fourth-order valence-electron chi connectivity index (χ4n) is 2.88. The highest BCUT2D eigenvalue weighted by molar-refractivity contribution is 5.81. The van der Waals surface area contributed by atoms with Gasteiger partial charge in [-0.1, -0.05) is 6.07 Å². The molecule has 1 unspecified atom stereocenters. The predicted molar refractivity (Wildman–Crippen MR) is 66.7 cm³/mol. The van der Waals surface area contributed by atoms with Gasteiger partial charge in [-0.15, -0.1) is 0 Å². The lowest BCUT2D eigenvalue weighted by molar-refractivity contribution is -0.123. The van der Waals surface area contributed by atoms with Crippen LogP contribution in [0.4, 0.5) is 0 Å². The average molecular weight is 247 g/mol. The lowest BCUT2D eigenvalue weighted by Crippen LogP contribution is -2.29. The van der Waals surface area contributed by atoms with Crippen LogP contribution in [0.25, 0.3) is 0 Å². The third-order valence-corrected chi connectivity index (χ3v) is 3.95. The van der Waals surface area contributed by atoms with E-state index in [0.717, 1.165) is 31.4 Å². The predicted octanol–water partition coefficient (Wildman–Crippen LogP) is 0.943. The zero-order chi connectivity index (χ0) is 12.5. The summed E-state index contributed by atoms with van der Waals surface area (Å²) in [5, 5.41) is 0. The zero-order valence-electron chi connectivity index (χ0n) is 10.4. The van der Waals surface area contributed by atoms with Crippen LogP contribution >= 0.6 is 0 Å². The SMILES string of the molecule is O=C(Cn1c2c(ccc1=O)CCC2)C1CCOC1. The van der Waals surface area contributed by atoms with Crippen molar-refractivity contribution in [1.29, 1.82) is 0 Å². The van der Waals surface area contributed by atoms with E-state index in [0.29, 0.717) is 13.2 Å². The smallest absolute Gasteiger partial charge is 0.251 e. The Kier molecular flexibility index (Phi) is 3.04. The number of ether oxygens (including phenoxy) is 1. The van der Waals surface area contributed by atoms with Gasteiger partial charge in [0.15, 0.2) is 5.78 Å². The number of ketones is 1. The van der Waals surface area contributed by atoms with Crippen molar-refractivity contribution in [3.8, 4) is 0 Å². The van der Waals surface area contributed by atoms with E-state index < -0.39 is 0 Å².